The fourth-order valence-electron chi connectivity index (χ4n) is 3.75. The van der Waals surface area contributed by atoms with Gasteiger partial charge in [0.05, 0.1) is 5.39 Å². The molecule has 1 fully saturated rings. The van der Waals surface area contributed by atoms with E-state index >= 15 is 0 Å². The second-order valence-corrected chi connectivity index (χ2v) is 7.58. The van der Waals surface area contributed by atoms with Gasteiger partial charge in [-0.2, -0.15) is 0 Å². The Balaban J connectivity index is 1.64. The van der Waals surface area contributed by atoms with Crippen molar-refractivity contribution in [3.05, 3.63) is 16.8 Å². The Hall–Kier alpha value is -1.20. The lowest BCUT2D eigenvalue weighted by Crippen LogP contribution is -2.31. The summed E-state index contributed by atoms with van der Waals surface area (Å²) in [6, 6.07) is 0.432. The first-order valence-electron chi connectivity index (χ1n) is 8.42. The van der Waals surface area contributed by atoms with Crippen molar-refractivity contribution in [2.75, 3.05) is 18.5 Å². The molecule has 118 valence electrons. The van der Waals surface area contributed by atoms with Crippen molar-refractivity contribution >= 4 is 27.4 Å². The molecule has 0 amide bonds. The Kier molecular flexibility index (Phi) is 4.01. The van der Waals surface area contributed by atoms with Crippen LogP contribution in [0.25, 0.3) is 10.2 Å². The van der Waals surface area contributed by atoms with E-state index in [9.17, 15) is 0 Å². The first kappa shape index (κ1) is 14.4. The summed E-state index contributed by atoms with van der Waals surface area (Å²) < 4.78 is 5.48. The molecule has 2 aliphatic rings. The molecule has 1 saturated heterocycles. The molecular formula is C17H23N3OS. The number of ether oxygens (including phenoxy) is 1. The van der Waals surface area contributed by atoms with Crippen LogP contribution in [-0.2, 0) is 17.6 Å². The summed E-state index contributed by atoms with van der Waals surface area (Å²) in [6.07, 6.45) is 9.00. The topological polar surface area (TPSA) is 47.0 Å². The maximum absolute atomic E-state index is 5.48. The number of nitrogens with zero attached hydrogens (tertiary/aromatic N) is 2. The van der Waals surface area contributed by atoms with Crippen molar-refractivity contribution in [3.8, 4) is 0 Å². The van der Waals surface area contributed by atoms with Gasteiger partial charge in [0.15, 0.2) is 0 Å². The van der Waals surface area contributed by atoms with Gasteiger partial charge in [-0.25, -0.2) is 9.97 Å². The van der Waals surface area contributed by atoms with E-state index in [1.54, 1.807) is 6.33 Å². The minimum absolute atomic E-state index is 0.432. The van der Waals surface area contributed by atoms with Crippen LogP contribution >= 0.6 is 11.3 Å². The molecule has 0 radical (unpaired) electrons. The predicted molar refractivity (Wildman–Crippen MR) is 90.7 cm³/mol. The third-order valence-corrected chi connectivity index (χ3v) is 6.29. The van der Waals surface area contributed by atoms with E-state index in [0.717, 1.165) is 36.7 Å². The quantitative estimate of drug-likeness (QED) is 0.935. The Morgan fingerprint density at radius 1 is 1.23 bits per heavy atom. The van der Waals surface area contributed by atoms with Gasteiger partial charge < -0.3 is 10.1 Å². The van der Waals surface area contributed by atoms with E-state index in [1.807, 2.05) is 11.3 Å². The molecule has 0 bridgehead atoms. The van der Waals surface area contributed by atoms with Crippen LogP contribution in [0, 0.1) is 5.92 Å². The molecule has 0 aromatic carbocycles. The second-order valence-electron chi connectivity index (χ2n) is 6.50. The van der Waals surface area contributed by atoms with Gasteiger partial charge in [0.25, 0.3) is 0 Å². The highest BCUT2D eigenvalue weighted by atomic mass is 32.1. The summed E-state index contributed by atoms with van der Waals surface area (Å²) in [7, 11) is 0. The largest absolute Gasteiger partial charge is 0.381 e. The molecule has 5 heteroatoms. The maximum Gasteiger partial charge on any atom is 0.138 e. The number of thiophene rings is 1. The number of hydrogen-bond donors (Lipinski definition) is 1. The smallest absolute Gasteiger partial charge is 0.138 e. The minimum atomic E-state index is 0.432. The van der Waals surface area contributed by atoms with Gasteiger partial charge in [-0.1, -0.05) is 0 Å². The van der Waals surface area contributed by atoms with Crippen LogP contribution in [0.2, 0.25) is 0 Å². The molecule has 2 aromatic heterocycles. The molecule has 3 heterocycles. The highest BCUT2D eigenvalue weighted by molar-refractivity contribution is 7.19. The van der Waals surface area contributed by atoms with E-state index in [1.165, 1.54) is 41.5 Å². The van der Waals surface area contributed by atoms with Crippen molar-refractivity contribution < 1.29 is 4.74 Å². The molecule has 1 atom stereocenters. The van der Waals surface area contributed by atoms with Crippen LogP contribution in [0.4, 0.5) is 5.82 Å². The van der Waals surface area contributed by atoms with Crippen LogP contribution in [0.5, 0.6) is 0 Å². The molecule has 4 rings (SSSR count). The average Bonchev–Trinajstić information content (AvgIpc) is 2.95. The summed E-state index contributed by atoms with van der Waals surface area (Å²) in [5.41, 5.74) is 1.51. The lowest BCUT2D eigenvalue weighted by molar-refractivity contribution is 0.0622. The fourth-order valence-corrected chi connectivity index (χ4v) is 4.98. The number of hydrogen-bond acceptors (Lipinski definition) is 5. The van der Waals surface area contributed by atoms with Crippen LogP contribution < -0.4 is 5.32 Å². The Labute approximate surface area is 135 Å². The molecular weight excluding hydrogens is 294 g/mol. The number of anilines is 1. The van der Waals surface area contributed by atoms with E-state index in [2.05, 4.69) is 22.2 Å². The lowest BCUT2D eigenvalue weighted by Gasteiger charge is -2.29. The van der Waals surface area contributed by atoms with Crippen molar-refractivity contribution in [2.45, 2.75) is 51.5 Å². The zero-order valence-electron chi connectivity index (χ0n) is 13.1. The highest BCUT2D eigenvalue weighted by Crippen LogP contribution is 2.38. The summed E-state index contributed by atoms with van der Waals surface area (Å²) >= 11 is 1.87. The minimum Gasteiger partial charge on any atom is -0.381 e. The van der Waals surface area contributed by atoms with Crippen LogP contribution in [0.1, 0.15) is 43.0 Å². The normalized spacial score (nSPS) is 20.8. The van der Waals surface area contributed by atoms with Crippen molar-refractivity contribution in [3.63, 3.8) is 0 Å². The van der Waals surface area contributed by atoms with Crippen LogP contribution in [0.15, 0.2) is 6.33 Å². The molecule has 2 aromatic rings. The number of fused-ring (bicyclic) bond motifs is 3. The number of nitrogens with one attached hydrogen (secondary N) is 1. The summed E-state index contributed by atoms with van der Waals surface area (Å²) in [5.74, 6) is 1.72. The van der Waals surface area contributed by atoms with Crippen LogP contribution in [-0.4, -0.2) is 29.2 Å². The number of aryl methyl sites for hydroxylation is 2. The standard InChI is InChI=1S/C17H23N3OS/c1-11(12-6-8-21-9-7-12)20-16-15-13-4-2-3-5-14(13)22-17(15)19-10-18-16/h10-12H,2-9H2,1H3,(H,18,19,20). The van der Waals surface area contributed by atoms with E-state index in [0.29, 0.717) is 12.0 Å². The third-order valence-electron chi connectivity index (χ3n) is 5.09. The zero-order chi connectivity index (χ0) is 14.9. The molecule has 1 N–H and O–H groups in total. The Bertz CT molecular complexity index is 663. The van der Waals surface area contributed by atoms with Gasteiger partial charge in [0.2, 0.25) is 0 Å². The first-order valence-corrected chi connectivity index (χ1v) is 9.24. The first-order chi connectivity index (χ1) is 10.8. The van der Waals surface area contributed by atoms with Gasteiger partial charge in [-0.05, 0) is 56.9 Å². The fraction of sp³-hybridized carbons (Fsp3) is 0.647. The van der Waals surface area contributed by atoms with E-state index in [-0.39, 0.29) is 0 Å². The lowest BCUT2D eigenvalue weighted by atomic mass is 9.92. The number of aromatic nitrogens is 2. The summed E-state index contributed by atoms with van der Waals surface area (Å²) in [4.78, 5) is 11.8. The maximum atomic E-state index is 5.48. The number of rotatable bonds is 3. The molecule has 22 heavy (non-hydrogen) atoms. The van der Waals surface area contributed by atoms with Crippen molar-refractivity contribution in [1.29, 1.82) is 0 Å². The van der Waals surface area contributed by atoms with Gasteiger partial charge >= 0.3 is 0 Å². The highest BCUT2D eigenvalue weighted by Gasteiger charge is 2.24. The molecule has 1 aliphatic heterocycles. The molecule has 1 unspecified atom stereocenters. The van der Waals surface area contributed by atoms with Gasteiger partial charge in [0, 0.05) is 24.1 Å². The van der Waals surface area contributed by atoms with Gasteiger partial charge in [0.1, 0.15) is 17.0 Å². The van der Waals surface area contributed by atoms with Crippen molar-refractivity contribution in [1.82, 2.24) is 9.97 Å². The van der Waals surface area contributed by atoms with E-state index in [4.69, 9.17) is 4.74 Å². The third kappa shape index (κ3) is 2.61. The monoisotopic (exact) mass is 317 g/mol. The van der Waals surface area contributed by atoms with Crippen LogP contribution in [0.3, 0.4) is 0 Å². The molecule has 0 spiro atoms. The van der Waals surface area contributed by atoms with E-state index < -0.39 is 0 Å². The van der Waals surface area contributed by atoms with Gasteiger partial charge in [-0.15, -0.1) is 11.3 Å². The zero-order valence-corrected chi connectivity index (χ0v) is 13.9. The Morgan fingerprint density at radius 2 is 2.05 bits per heavy atom. The Morgan fingerprint density at radius 3 is 2.91 bits per heavy atom. The molecule has 4 nitrogen and oxygen atoms in total. The second kappa shape index (κ2) is 6.13. The summed E-state index contributed by atoms with van der Waals surface area (Å²) in [6.45, 7) is 4.07. The summed E-state index contributed by atoms with van der Waals surface area (Å²) in [5, 5.41) is 4.98. The molecule has 0 saturated carbocycles. The molecule has 1 aliphatic carbocycles. The van der Waals surface area contributed by atoms with Crippen molar-refractivity contribution in [2.24, 2.45) is 5.92 Å². The average molecular weight is 317 g/mol. The predicted octanol–water partition coefficient (Wildman–Crippen LogP) is 3.80. The van der Waals surface area contributed by atoms with Gasteiger partial charge in [-0.3, -0.25) is 0 Å². The SMILES string of the molecule is CC(Nc1ncnc2sc3c(c12)CCCC3)C1CCOCC1.